The summed E-state index contributed by atoms with van der Waals surface area (Å²) in [5, 5.41) is 5.31. The Kier molecular flexibility index (Phi) is 9.07. The van der Waals surface area contributed by atoms with Crippen molar-refractivity contribution in [2.45, 2.75) is 40.2 Å². The zero-order valence-corrected chi connectivity index (χ0v) is 19.1. The molecule has 0 radical (unpaired) electrons. The van der Waals surface area contributed by atoms with Crippen LogP contribution in [-0.2, 0) is 14.3 Å². The van der Waals surface area contributed by atoms with Crippen molar-refractivity contribution in [3.05, 3.63) is 48.0 Å². The Labute approximate surface area is 188 Å². The fourth-order valence-corrected chi connectivity index (χ4v) is 2.68. The predicted molar refractivity (Wildman–Crippen MR) is 122 cm³/mol. The Morgan fingerprint density at radius 1 is 0.906 bits per heavy atom. The van der Waals surface area contributed by atoms with E-state index in [1.165, 1.54) is 27.0 Å². The molecule has 0 spiro atoms. The van der Waals surface area contributed by atoms with Gasteiger partial charge in [0.05, 0.1) is 19.3 Å². The number of carbonyl (C=O) groups is 3. The van der Waals surface area contributed by atoms with Crippen LogP contribution < -0.4 is 20.1 Å². The van der Waals surface area contributed by atoms with Gasteiger partial charge >= 0.3 is 5.97 Å². The molecule has 0 aliphatic heterocycles. The molecule has 0 saturated carbocycles. The molecule has 172 valence electrons. The van der Waals surface area contributed by atoms with Crippen molar-refractivity contribution in [3.63, 3.8) is 0 Å². The molecule has 1 unspecified atom stereocenters. The molecular formula is C24H30N2O6. The van der Waals surface area contributed by atoms with Crippen molar-refractivity contribution in [1.29, 1.82) is 0 Å². The molecule has 0 aliphatic carbocycles. The molecule has 0 bridgehead atoms. The number of hydrogen-bond acceptors (Lipinski definition) is 6. The number of anilines is 2. The highest BCUT2D eigenvalue weighted by atomic mass is 16.5. The van der Waals surface area contributed by atoms with Gasteiger partial charge in [0, 0.05) is 18.3 Å². The zero-order valence-electron chi connectivity index (χ0n) is 19.1. The van der Waals surface area contributed by atoms with E-state index in [1.807, 2.05) is 0 Å². The third-order valence-corrected chi connectivity index (χ3v) is 4.48. The molecule has 2 rings (SSSR count). The van der Waals surface area contributed by atoms with E-state index in [0.29, 0.717) is 35.4 Å². The number of nitrogens with one attached hydrogen (secondary N) is 2. The minimum absolute atomic E-state index is 0.186. The lowest BCUT2D eigenvalue weighted by molar-refractivity contribution is -0.123. The van der Waals surface area contributed by atoms with E-state index >= 15 is 0 Å². The van der Waals surface area contributed by atoms with Crippen LogP contribution in [0.4, 0.5) is 11.4 Å². The SMILES string of the molecule is COc1cc(C(=O)OC(C)C(=O)Nc2ccc(NC(C)=O)cc2)ccc1OCCC(C)C. The summed E-state index contributed by atoms with van der Waals surface area (Å²) in [7, 11) is 1.49. The molecule has 8 nitrogen and oxygen atoms in total. The summed E-state index contributed by atoms with van der Waals surface area (Å²) in [5.74, 6) is 0.150. The van der Waals surface area contributed by atoms with Gasteiger partial charge in [0.2, 0.25) is 5.91 Å². The number of benzene rings is 2. The molecule has 2 amide bonds. The van der Waals surface area contributed by atoms with Gasteiger partial charge in [-0.2, -0.15) is 0 Å². The van der Waals surface area contributed by atoms with Gasteiger partial charge in [0.15, 0.2) is 17.6 Å². The maximum atomic E-state index is 12.5. The summed E-state index contributed by atoms with van der Waals surface area (Å²) in [6, 6.07) is 11.3. The van der Waals surface area contributed by atoms with Crippen LogP contribution in [0.3, 0.4) is 0 Å². The lowest BCUT2D eigenvalue weighted by Gasteiger charge is -2.15. The average Bonchev–Trinajstić information content (AvgIpc) is 2.74. The van der Waals surface area contributed by atoms with Crippen molar-refractivity contribution in [1.82, 2.24) is 0 Å². The van der Waals surface area contributed by atoms with E-state index in [2.05, 4.69) is 24.5 Å². The van der Waals surface area contributed by atoms with Crippen LogP contribution in [0.1, 0.15) is 44.5 Å². The second-order valence-corrected chi connectivity index (χ2v) is 7.69. The van der Waals surface area contributed by atoms with E-state index in [9.17, 15) is 14.4 Å². The normalized spacial score (nSPS) is 11.4. The maximum Gasteiger partial charge on any atom is 0.339 e. The van der Waals surface area contributed by atoms with Crippen molar-refractivity contribution in [2.24, 2.45) is 5.92 Å². The first-order chi connectivity index (χ1) is 15.2. The number of amides is 2. The van der Waals surface area contributed by atoms with Gasteiger partial charge in [0.1, 0.15) is 0 Å². The standard InChI is InChI=1S/C24H30N2O6/c1-15(2)12-13-31-21-11-6-18(14-22(21)30-5)24(29)32-16(3)23(28)26-20-9-7-19(8-10-20)25-17(4)27/h6-11,14-16H,12-13H2,1-5H3,(H,25,27)(H,26,28). The molecule has 0 saturated heterocycles. The van der Waals surface area contributed by atoms with Crippen LogP contribution >= 0.6 is 0 Å². The topological polar surface area (TPSA) is 103 Å². The molecule has 32 heavy (non-hydrogen) atoms. The first-order valence-electron chi connectivity index (χ1n) is 10.4. The molecule has 0 fully saturated rings. The smallest absolute Gasteiger partial charge is 0.339 e. The quantitative estimate of drug-likeness (QED) is 0.533. The first-order valence-corrected chi connectivity index (χ1v) is 10.4. The Morgan fingerprint density at radius 3 is 2.09 bits per heavy atom. The summed E-state index contributed by atoms with van der Waals surface area (Å²) in [6.45, 7) is 7.66. The molecule has 0 aliphatic rings. The van der Waals surface area contributed by atoms with Gasteiger partial charge in [-0.3, -0.25) is 9.59 Å². The van der Waals surface area contributed by atoms with Gasteiger partial charge in [-0.25, -0.2) is 4.79 Å². The number of ether oxygens (including phenoxy) is 3. The molecule has 2 N–H and O–H groups in total. The number of hydrogen-bond donors (Lipinski definition) is 2. The van der Waals surface area contributed by atoms with Crippen LogP contribution in [0, 0.1) is 5.92 Å². The van der Waals surface area contributed by atoms with E-state index in [0.717, 1.165) is 6.42 Å². The van der Waals surface area contributed by atoms with Crippen LogP contribution in [-0.4, -0.2) is 37.6 Å². The minimum Gasteiger partial charge on any atom is -0.493 e. The maximum absolute atomic E-state index is 12.5. The fraction of sp³-hybridized carbons (Fsp3) is 0.375. The number of methoxy groups -OCH3 is 1. The summed E-state index contributed by atoms with van der Waals surface area (Å²) in [5.41, 5.74) is 1.37. The van der Waals surface area contributed by atoms with Crippen LogP contribution in [0.2, 0.25) is 0 Å². The molecule has 0 aromatic heterocycles. The highest BCUT2D eigenvalue weighted by molar-refractivity contribution is 5.98. The molecule has 1 atom stereocenters. The lowest BCUT2D eigenvalue weighted by atomic mass is 10.1. The Hall–Kier alpha value is -3.55. The molecule has 0 heterocycles. The first kappa shape index (κ1) is 24.7. The summed E-state index contributed by atoms with van der Waals surface area (Å²) in [6.07, 6.45) is -0.124. The monoisotopic (exact) mass is 442 g/mol. The van der Waals surface area contributed by atoms with Crippen LogP contribution in [0.5, 0.6) is 11.5 Å². The van der Waals surface area contributed by atoms with Crippen molar-refractivity contribution < 1.29 is 28.6 Å². The third kappa shape index (κ3) is 7.61. The van der Waals surface area contributed by atoms with Gasteiger partial charge in [0.25, 0.3) is 5.91 Å². The van der Waals surface area contributed by atoms with E-state index < -0.39 is 18.0 Å². The molecule has 2 aromatic rings. The predicted octanol–water partition coefficient (Wildman–Crippen LogP) is 4.26. The Morgan fingerprint density at radius 2 is 1.53 bits per heavy atom. The molecule has 8 heteroatoms. The van der Waals surface area contributed by atoms with Crippen molar-refractivity contribution in [3.8, 4) is 11.5 Å². The average molecular weight is 443 g/mol. The van der Waals surface area contributed by atoms with Crippen LogP contribution in [0.15, 0.2) is 42.5 Å². The number of esters is 1. The summed E-state index contributed by atoms with van der Waals surface area (Å²) < 4.78 is 16.3. The highest BCUT2D eigenvalue weighted by Gasteiger charge is 2.20. The number of rotatable bonds is 10. The third-order valence-electron chi connectivity index (χ3n) is 4.48. The largest absolute Gasteiger partial charge is 0.493 e. The highest BCUT2D eigenvalue weighted by Crippen LogP contribution is 2.29. The second kappa shape index (κ2) is 11.7. The number of carbonyl (C=O) groups excluding carboxylic acids is 3. The van der Waals surface area contributed by atoms with Crippen molar-refractivity contribution in [2.75, 3.05) is 24.4 Å². The molecule has 2 aromatic carbocycles. The zero-order chi connectivity index (χ0) is 23.7. The van der Waals surface area contributed by atoms with Gasteiger partial charge in [-0.05, 0) is 61.7 Å². The summed E-state index contributed by atoms with van der Waals surface area (Å²) in [4.78, 5) is 36.0. The second-order valence-electron chi connectivity index (χ2n) is 7.69. The van der Waals surface area contributed by atoms with E-state index in [4.69, 9.17) is 14.2 Å². The van der Waals surface area contributed by atoms with Gasteiger partial charge in [-0.1, -0.05) is 13.8 Å². The van der Waals surface area contributed by atoms with E-state index in [1.54, 1.807) is 36.4 Å². The minimum atomic E-state index is -1.02. The fourth-order valence-electron chi connectivity index (χ4n) is 2.68. The Balaban J connectivity index is 1.95. The molecular weight excluding hydrogens is 412 g/mol. The Bertz CT molecular complexity index is 940. The van der Waals surface area contributed by atoms with Gasteiger partial charge < -0.3 is 24.8 Å². The van der Waals surface area contributed by atoms with Gasteiger partial charge in [-0.15, -0.1) is 0 Å². The van der Waals surface area contributed by atoms with E-state index in [-0.39, 0.29) is 11.5 Å². The lowest BCUT2D eigenvalue weighted by Crippen LogP contribution is -2.30. The van der Waals surface area contributed by atoms with Crippen LogP contribution in [0.25, 0.3) is 0 Å². The summed E-state index contributed by atoms with van der Waals surface area (Å²) >= 11 is 0. The van der Waals surface area contributed by atoms with Crippen molar-refractivity contribution >= 4 is 29.2 Å².